The molecule has 6 heteroatoms. The molecule has 0 aliphatic carbocycles. The Balaban J connectivity index is 1.23. The van der Waals surface area contributed by atoms with Crippen molar-refractivity contribution in [2.45, 2.75) is 38.8 Å². The maximum Gasteiger partial charge on any atom is 0.407 e. The zero-order valence-electron chi connectivity index (χ0n) is 21.3. The normalized spacial score (nSPS) is 26.1. The predicted molar refractivity (Wildman–Crippen MR) is 141 cm³/mol. The summed E-state index contributed by atoms with van der Waals surface area (Å²) in [6.07, 6.45) is 1.90. The molecular formula is C30H34N2O4. The van der Waals surface area contributed by atoms with E-state index in [2.05, 4.69) is 66.5 Å². The van der Waals surface area contributed by atoms with Crippen LogP contribution in [0.25, 0.3) is 21.9 Å². The summed E-state index contributed by atoms with van der Waals surface area (Å²) < 4.78 is 17.5. The SMILES string of the molecule is COc1ccc2cc(-c3ccc4c(c3)OCC(C)(C)C4NC(=O)O[C@@H]3CN4CCC3CC4)ccc2c1. The first kappa shape index (κ1) is 23.2. The van der Waals surface area contributed by atoms with E-state index in [4.69, 9.17) is 14.2 Å². The van der Waals surface area contributed by atoms with Crippen LogP contribution in [-0.2, 0) is 4.74 Å². The van der Waals surface area contributed by atoms with Crippen molar-refractivity contribution in [1.82, 2.24) is 10.2 Å². The molecule has 3 aromatic carbocycles. The fourth-order valence-electron chi connectivity index (χ4n) is 5.98. The van der Waals surface area contributed by atoms with Crippen LogP contribution in [0.15, 0.2) is 54.6 Å². The number of amides is 1. The number of carbonyl (C=O) groups excluding carboxylic acids is 1. The van der Waals surface area contributed by atoms with Crippen LogP contribution in [0.1, 0.15) is 38.3 Å². The Labute approximate surface area is 212 Å². The second-order valence-corrected chi connectivity index (χ2v) is 11.1. The minimum atomic E-state index is -0.325. The second-order valence-electron chi connectivity index (χ2n) is 11.1. The van der Waals surface area contributed by atoms with Crippen molar-refractivity contribution in [2.75, 3.05) is 33.4 Å². The lowest BCUT2D eigenvalue weighted by atomic mass is 9.78. The molecule has 4 heterocycles. The predicted octanol–water partition coefficient (Wildman–Crippen LogP) is 5.80. The lowest BCUT2D eigenvalue weighted by molar-refractivity contribution is -0.0361. The molecule has 0 saturated carbocycles. The van der Waals surface area contributed by atoms with E-state index in [1.807, 2.05) is 12.1 Å². The highest BCUT2D eigenvalue weighted by molar-refractivity contribution is 5.88. The minimum absolute atomic E-state index is 0.00910. The monoisotopic (exact) mass is 486 g/mol. The fraction of sp³-hybridized carbons (Fsp3) is 0.433. The number of nitrogens with zero attached hydrogens (tertiary/aromatic N) is 1. The molecule has 3 saturated heterocycles. The molecule has 4 aliphatic heterocycles. The zero-order chi connectivity index (χ0) is 24.9. The topological polar surface area (TPSA) is 60.0 Å². The van der Waals surface area contributed by atoms with Crippen molar-refractivity contribution in [3.8, 4) is 22.6 Å². The number of nitrogens with one attached hydrogen (secondary N) is 1. The summed E-state index contributed by atoms with van der Waals surface area (Å²) in [6.45, 7) is 7.88. The lowest BCUT2D eigenvalue weighted by Gasteiger charge is -2.44. The molecule has 188 valence electrons. The van der Waals surface area contributed by atoms with Gasteiger partial charge in [-0.05, 0) is 78.0 Å². The summed E-state index contributed by atoms with van der Waals surface area (Å²) in [5.41, 5.74) is 2.94. The van der Waals surface area contributed by atoms with E-state index in [0.717, 1.165) is 71.4 Å². The van der Waals surface area contributed by atoms with Gasteiger partial charge in [-0.25, -0.2) is 4.79 Å². The van der Waals surface area contributed by atoms with Gasteiger partial charge in [0.1, 0.15) is 17.6 Å². The van der Waals surface area contributed by atoms with Gasteiger partial charge in [-0.1, -0.05) is 44.2 Å². The molecule has 1 N–H and O–H groups in total. The third kappa shape index (κ3) is 4.28. The Morgan fingerprint density at radius 2 is 1.72 bits per heavy atom. The first-order chi connectivity index (χ1) is 17.4. The van der Waals surface area contributed by atoms with Crippen molar-refractivity contribution in [2.24, 2.45) is 11.3 Å². The molecule has 3 aromatic rings. The number of rotatable bonds is 4. The fourth-order valence-corrected chi connectivity index (χ4v) is 5.98. The van der Waals surface area contributed by atoms with E-state index in [9.17, 15) is 4.79 Å². The number of methoxy groups -OCH3 is 1. The van der Waals surface area contributed by atoms with E-state index < -0.39 is 0 Å². The Morgan fingerprint density at radius 3 is 2.47 bits per heavy atom. The average Bonchev–Trinajstić information content (AvgIpc) is 2.90. The van der Waals surface area contributed by atoms with Crippen LogP contribution in [0, 0.1) is 11.3 Å². The van der Waals surface area contributed by atoms with Gasteiger partial charge in [0.2, 0.25) is 0 Å². The second kappa shape index (κ2) is 9.00. The zero-order valence-corrected chi connectivity index (χ0v) is 21.3. The molecule has 0 spiro atoms. The molecule has 0 radical (unpaired) electrons. The Bertz CT molecular complexity index is 1300. The molecule has 4 aliphatic rings. The van der Waals surface area contributed by atoms with Gasteiger partial charge in [-0.3, -0.25) is 4.90 Å². The van der Waals surface area contributed by atoms with Crippen LogP contribution in [0.5, 0.6) is 11.5 Å². The molecule has 2 atom stereocenters. The summed E-state index contributed by atoms with van der Waals surface area (Å²) in [5.74, 6) is 2.15. The Hall–Kier alpha value is -3.25. The maximum atomic E-state index is 13.0. The molecular weight excluding hydrogens is 452 g/mol. The summed E-state index contributed by atoms with van der Waals surface area (Å²) in [7, 11) is 1.68. The van der Waals surface area contributed by atoms with Crippen LogP contribution in [0.4, 0.5) is 4.79 Å². The van der Waals surface area contributed by atoms with Gasteiger partial charge in [0.25, 0.3) is 0 Å². The minimum Gasteiger partial charge on any atom is -0.497 e. The van der Waals surface area contributed by atoms with E-state index in [-0.39, 0.29) is 23.7 Å². The first-order valence-corrected chi connectivity index (χ1v) is 12.9. The van der Waals surface area contributed by atoms with Crippen LogP contribution in [-0.4, -0.2) is 50.4 Å². The van der Waals surface area contributed by atoms with Gasteiger partial charge in [-0.15, -0.1) is 0 Å². The molecule has 6 nitrogen and oxygen atoms in total. The van der Waals surface area contributed by atoms with E-state index in [1.54, 1.807) is 7.11 Å². The number of piperidine rings is 3. The lowest BCUT2D eigenvalue weighted by Crippen LogP contribution is -2.53. The molecule has 36 heavy (non-hydrogen) atoms. The van der Waals surface area contributed by atoms with Gasteiger partial charge in [0.15, 0.2) is 0 Å². The largest absolute Gasteiger partial charge is 0.497 e. The van der Waals surface area contributed by atoms with Crippen LogP contribution in [0.2, 0.25) is 0 Å². The highest BCUT2D eigenvalue weighted by atomic mass is 16.6. The molecule has 1 amide bonds. The number of benzene rings is 3. The average molecular weight is 487 g/mol. The van der Waals surface area contributed by atoms with Crippen LogP contribution < -0.4 is 14.8 Å². The Kier molecular flexibility index (Phi) is 5.79. The van der Waals surface area contributed by atoms with E-state index in [1.165, 1.54) is 0 Å². The van der Waals surface area contributed by atoms with Gasteiger partial charge >= 0.3 is 6.09 Å². The third-order valence-electron chi connectivity index (χ3n) is 8.20. The summed E-state index contributed by atoms with van der Waals surface area (Å²) >= 11 is 0. The number of carbonyl (C=O) groups is 1. The number of alkyl carbamates (subject to hydrolysis) is 1. The quantitative estimate of drug-likeness (QED) is 0.505. The maximum absolute atomic E-state index is 13.0. The van der Waals surface area contributed by atoms with Gasteiger partial charge in [0, 0.05) is 17.5 Å². The molecule has 1 unspecified atom stereocenters. The van der Waals surface area contributed by atoms with Gasteiger partial charge in [-0.2, -0.15) is 0 Å². The third-order valence-corrected chi connectivity index (χ3v) is 8.20. The highest BCUT2D eigenvalue weighted by Crippen LogP contribution is 2.44. The smallest absolute Gasteiger partial charge is 0.407 e. The standard InChI is InChI=1S/C30H34N2O4/c1-30(2)18-35-26-16-23(20-4-5-22-15-24(34-3)8-6-21(22)14-20)7-9-25(26)28(30)31-29(33)36-27-17-32-12-10-19(27)11-13-32/h4-9,14-16,19,27-28H,10-13,17-18H2,1-3H3,(H,31,33)/t27-,28?/m1/s1. The van der Waals surface area contributed by atoms with E-state index >= 15 is 0 Å². The first-order valence-electron chi connectivity index (χ1n) is 12.9. The summed E-state index contributed by atoms with van der Waals surface area (Å²) in [6, 6.07) is 18.6. The molecule has 2 bridgehead atoms. The van der Waals surface area contributed by atoms with Crippen molar-refractivity contribution in [1.29, 1.82) is 0 Å². The van der Waals surface area contributed by atoms with Crippen LogP contribution in [0.3, 0.4) is 0 Å². The molecule has 3 fully saturated rings. The van der Waals surface area contributed by atoms with Crippen molar-refractivity contribution >= 4 is 16.9 Å². The van der Waals surface area contributed by atoms with Crippen LogP contribution >= 0.6 is 0 Å². The molecule has 7 rings (SSSR count). The molecule has 0 aromatic heterocycles. The highest BCUT2D eigenvalue weighted by Gasteiger charge is 2.41. The Morgan fingerprint density at radius 1 is 1.00 bits per heavy atom. The summed E-state index contributed by atoms with van der Waals surface area (Å²) in [5, 5.41) is 5.49. The van der Waals surface area contributed by atoms with Crippen molar-refractivity contribution < 1.29 is 19.0 Å². The number of fused-ring (bicyclic) bond motifs is 5. The summed E-state index contributed by atoms with van der Waals surface area (Å²) in [4.78, 5) is 15.4. The number of ether oxygens (including phenoxy) is 3. The number of hydrogen-bond donors (Lipinski definition) is 1. The number of hydrogen-bond acceptors (Lipinski definition) is 5. The van der Waals surface area contributed by atoms with Gasteiger partial charge < -0.3 is 19.5 Å². The van der Waals surface area contributed by atoms with Crippen molar-refractivity contribution in [3.63, 3.8) is 0 Å². The van der Waals surface area contributed by atoms with Crippen molar-refractivity contribution in [3.05, 3.63) is 60.2 Å². The van der Waals surface area contributed by atoms with E-state index in [0.29, 0.717) is 12.5 Å². The van der Waals surface area contributed by atoms with Gasteiger partial charge in [0.05, 0.1) is 19.8 Å².